The van der Waals surface area contributed by atoms with Gasteiger partial charge in [0.1, 0.15) is 11.6 Å². The maximum absolute atomic E-state index is 13.8. The number of nitrogens with zero attached hydrogens (tertiary/aromatic N) is 1. The lowest BCUT2D eigenvalue weighted by molar-refractivity contribution is 0.203. The first kappa shape index (κ1) is 14.0. The molecular formula is C16H22F2N2. The van der Waals surface area contributed by atoms with Crippen LogP contribution in [0, 0.1) is 11.6 Å². The van der Waals surface area contributed by atoms with E-state index in [4.69, 9.17) is 0 Å². The van der Waals surface area contributed by atoms with Crippen LogP contribution in [-0.4, -0.2) is 30.1 Å². The van der Waals surface area contributed by atoms with Crippen molar-refractivity contribution >= 4 is 0 Å². The highest BCUT2D eigenvalue weighted by Crippen LogP contribution is 2.30. The molecule has 1 aliphatic heterocycles. The second-order valence-electron chi connectivity index (χ2n) is 6.01. The van der Waals surface area contributed by atoms with Crippen LogP contribution < -0.4 is 5.32 Å². The van der Waals surface area contributed by atoms with E-state index in [1.165, 1.54) is 37.5 Å². The van der Waals surface area contributed by atoms with Gasteiger partial charge in [-0.1, -0.05) is 12.5 Å². The summed E-state index contributed by atoms with van der Waals surface area (Å²) in [5, 5.41) is 3.52. The third-order valence-corrected chi connectivity index (χ3v) is 4.35. The lowest BCUT2D eigenvalue weighted by atomic mass is 10.0. The largest absolute Gasteiger partial charge is 0.313 e. The van der Waals surface area contributed by atoms with E-state index in [0.717, 1.165) is 25.9 Å². The van der Waals surface area contributed by atoms with Crippen LogP contribution in [0.5, 0.6) is 0 Å². The Morgan fingerprint density at radius 1 is 1.10 bits per heavy atom. The van der Waals surface area contributed by atoms with E-state index in [0.29, 0.717) is 18.6 Å². The quantitative estimate of drug-likeness (QED) is 0.891. The van der Waals surface area contributed by atoms with Crippen LogP contribution >= 0.6 is 0 Å². The normalized spacial score (nSPS) is 23.2. The van der Waals surface area contributed by atoms with Crippen molar-refractivity contribution in [2.75, 3.05) is 13.1 Å². The molecule has 1 unspecified atom stereocenters. The minimum atomic E-state index is -0.424. The Kier molecular flexibility index (Phi) is 4.32. The zero-order valence-corrected chi connectivity index (χ0v) is 11.7. The van der Waals surface area contributed by atoms with Crippen LogP contribution in [0.2, 0.25) is 0 Å². The molecule has 2 aliphatic rings. The summed E-state index contributed by atoms with van der Waals surface area (Å²) in [6.07, 6.45) is 5.97. The number of benzene rings is 1. The molecule has 1 saturated heterocycles. The van der Waals surface area contributed by atoms with E-state index in [-0.39, 0.29) is 5.56 Å². The Bertz CT molecular complexity index is 434. The predicted molar refractivity (Wildman–Crippen MR) is 75.4 cm³/mol. The summed E-state index contributed by atoms with van der Waals surface area (Å²) in [4.78, 5) is 2.25. The average molecular weight is 280 g/mol. The van der Waals surface area contributed by atoms with Crippen molar-refractivity contribution in [3.8, 4) is 0 Å². The fourth-order valence-electron chi connectivity index (χ4n) is 3.03. The SMILES string of the molecule is Fc1cccc(F)c1CN(CC1CCCCN1)C1CC1. The highest BCUT2D eigenvalue weighted by atomic mass is 19.1. The van der Waals surface area contributed by atoms with Crippen LogP contribution in [0.4, 0.5) is 8.78 Å². The summed E-state index contributed by atoms with van der Waals surface area (Å²) < 4.78 is 27.6. The van der Waals surface area contributed by atoms with Crippen molar-refractivity contribution in [1.82, 2.24) is 10.2 Å². The minimum absolute atomic E-state index is 0.218. The van der Waals surface area contributed by atoms with E-state index >= 15 is 0 Å². The Labute approximate surface area is 119 Å². The Balaban J connectivity index is 1.68. The van der Waals surface area contributed by atoms with Crippen LogP contribution in [0.1, 0.15) is 37.7 Å². The van der Waals surface area contributed by atoms with Gasteiger partial charge in [0, 0.05) is 30.7 Å². The molecule has 1 atom stereocenters. The minimum Gasteiger partial charge on any atom is -0.313 e. The van der Waals surface area contributed by atoms with Crippen LogP contribution in [0.3, 0.4) is 0 Å². The Morgan fingerprint density at radius 2 is 1.85 bits per heavy atom. The average Bonchev–Trinajstić information content (AvgIpc) is 3.27. The summed E-state index contributed by atoms with van der Waals surface area (Å²) >= 11 is 0. The van der Waals surface area contributed by atoms with Crippen molar-refractivity contribution in [2.24, 2.45) is 0 Å². The molecule has 1 N–H and O–H groups in total. The first-order valence-corrected chi connectivity index (χ1v) is 7.64. The monoisotopic (exact) mass is 280 g/mol. The molecule has 0 radical (unpaired) electrons. The maximum atomic E-state index is 13.8. The number of rotatable bonds is 5. The molecule has 1 aromatic carbocycles. The molecule has 1 heterocycles. The van der Waals surface area contributed by atoms with Gasteiger partial charge in [-0.3, -0.25) is 4.90 Å². The first-order chi connectivity index (χ1) is 9.74. The van der Waals surface area contributed by atoms with Gasteiger partial charge in [0.05, 0.1) is 0 Å². The van der Waals surface area contributed by atoms with E-state index < -0.39 is 11.6 Å². The third kappa shape index (κ3) is 3.36. The first-order valence-electron chi connectivity index (χ1n) is 7.64. The Hall–Kier alpha value is -1.00. The van der Waals surface area contributed by atoms with Crippen molar-refractivity contribution in [3.05, 3.63) is 35.4 Å². The zero-order valence-electron chi connectivity index (χ0n) is 11.7. The van der Waals surface area contributed by atoms with Crippen LogP contribution in [0.15, 0.2) is 18.2 Å². The van der Waals surface area contributed by atoms with Gasteiger partial charge in [0.25, 0.3) is 0 Å². The van der Waals surface area contributed by atoms with Crippen LogP contribution in [0.25, 0.3) is 0 Å². The highest BCUT2D eigenvalue weighted by molar-refractivity contribution is 5.20. The number of piperidine rings is 1. The molecule has 110 valence electrons. The molecule has 0 amide bonds. The lowest BCUT2D eigenvalue weighted by Gasteiger charge is -2.31. The molecule has 0 aromatic heterocycles. The summed E-state index contributed by atoms with van der Waals surface area (Å²) in [6, 6.07) is 5.11. The van der Waals surface area contributed by atoms with Crippen molar-refractivity contribution in [3.63, 3.8) is 0 Å². The van der Waals surface area contributed by atoms with Crippen molar-refractivity contribution in [2.45, 2.75) is 50.7 Å². The molecule has 4 heteroatoms. The number of halogens is 2. The second-order valence-corrected chi connectivity index (χ2v) is 6.01. The van der Waals surface area contributed by atoms with E-state index in [1.807, 2.05) is 0 Å². The highest BCUT2D eigenvalue weighted by Gasteiger charge is 2.31. The van der Waals surface area contributed by atoms with Gasteiger partial charge in [-0.05, 0) is 44.4 Å². The molecule has 1 aromatic rings. The van der Waals surface area contributed by atoms with Crippen molar-refractivity contribution < 1.29 is 8.78 Å². The van der Waals surface area contributed by atoms with Gasteiger partial charge in [-0.15, -0.1) is 0 Å². The van der Waals surface area contributed by atoms with Gasteiger partial charge in [0.2, 0.25) is 0 Å². The smallest absolute Gasteiger partial charge is 0.130 e. The number of nitrogens with one attached hydrogen (secondary N) is 1. The van der Waals surface area contributed by atoms with E-state index in [1.54, 1.807) is 0 Å². The molecule has 2 nitrogen and oxygen atoms in total. The molecular weight excluding hydrogens is 258 g/mol. The standard InChI is InChI=1S/C16H22F2N2/c17-15-5-3-6-16(18)14(15)11-20(13-7-8-13)10-12-4-1-2-9-19-12/h3,5-6,12-13,19H,1-2,4,7-11H2. The molecule has 20 heavy (non-hydrogen) atoms. The van der Waals surface area contributed by atoms with Gasteiger partial charge < -0.3 is 5.32 Å². The zero-order chi connectivity index (χ0) is 13.9. The third-order valence-electron chi connectivity index (χ3n) is 4.35. The summed E-state index contributed by atoms with van der Waals surface area (Å²) in [5.74, 6) is -0.848. The molecule has 0 spiro atoms. The number of hydrogen-bond acceptors (Lipinski definition) is 2. The number of hydrogen-bond donors (Lipinski definition) is 1. The van der Waals surface area contributed by atoms with Gasteiger partial charge in [-0.25, -0.2) is 8.78 Å². The molecule has 1 aliphatic carbocycles. The molecule has 2 fully saturated rings. The second kappa shape index (κ2) is 6.19. The summed E-state index contributed by atoms with van der Waals surface area (Å²) in [7, 11) is 0. The summed E-state index contributed by atoms with van der Waals surface area (Å²) in [6.45, 7) is 2.36. The fraction of sp³-hybridized carbons (Fsp3) is 0.625. The summed E-state index contributed by atoms with van der Waals surface area (Å²) in [5.41, 5.74) is 0.218. The Morgan fingerprint density at radius 3 is 2.45 bits per heavy atom. The molecule has 1 saturated carbocycles. The van der Waals surface area contributed by atoms with Crippen LogP contribution in [-0.2, 0) is 6.54 Å². The fourth-order valence-corrected chi connectivity index (χ4v) is 3.03. The predicted octanol–water partition coefficient (Wildman–Crippen LogP) is 3.07. The van der Waals surface area contributed by atoms with Gasteiger partial charge in [0.15, 0.2) is 0 Å². The van der Waals surface area contributed by atoms with Gasteiger partial charge in [-0.2, -0.15) is 0 Å². The van der Waals surface area contributed by atoms with Crippen molar-refractivity contribution in [1.29, 1.82) is 0 Å². The molecule has 3 rings (SSSR count). The lowest BCUT2D eigenvalue weighted by Crippen LogP contribution is -2.44. The maximum Gasteiger partial charge on any atom is 0.130 e. The van der Waals surface area contributed by atoms with E-state index in [9.17, 15) is 8.78 Å². The van der Waals surface area contributed by atoms with E-state index in [2.05, 4.69) is 10.2 Å². The topological polar surface area (TPSA) is 15.3 Å². The van der Waals surface area contributed by atoms with Gasteiger partial charge >= 0.3 is 0 Å². The molecule has 0 bridgehead atoms.